The normalized spacial score (nSPS) is 11.2. The largest absolute Gasteiger partial charge is 0.253 e. The average Bonchev–Trinajstić information content (AvgIpc) is 2.26. The summed E-state index contributed by atoms with van der Waals surface area (Å²) in [6.07, 6.45) is 1.73. The Bertz CT molecular complexity index is 464. The molecule has 70 valence electrons. The quantitative estimate of drug-likeness (QED) is 0.675. The van der Waals surface area contributed by atoms with Gasteiger partial charge in [-0.3, -0.25) is 4.98 Å². The summed E-state index contributed by atoms with van der Waals surface area (Å²) < 4.78 is 0. The van der Waals surface area contributed by atoms with Gasteiger partial charge in [0.05, 0.1) is 22.9 Å². The molecule has 0 saturated carbocycles. The van der Waals surface area contributed by atoms with E-state index >= 15 is 0 Å². The Morgan fingerprint density at radius 3 is 2.79 bits per heavy atom. The van der Waals surface area contributed by atoms with Crippen LogP contribution in [-0.2, 0) is 6.54 Å². The first kappa shape index (κ1) is 8.74. The first-order valence-electron chi connectivity index (χ1n) is 4.36. The Morgan fingerprint density at radius 2 is 2.00 bits per heavy atom. The molecule has 14 heavy (non-hydrogen) atoms. The number of azo groups is 1. The summed E-state index contributed by atoms with van der Waals surface area (Å²) in [6, 6.07) is 7.77. The van der Waals surface area contributed by atoms with E-state index in [1.807, 2.05) is 24.3 Å². The molecule has 4 heteroatoms. The number of hydrogen-bond donors (Lipinski definition) is 0. The minimum Gasteiger partial charge on any atom is -0.253 e. The van der Waals surface area contributed by atoms with Crippen LogP contribution in [0.1, 0.15) is 5.69 Å². The topological polar surface area (TPSA) is 50.5 Å². The Kier molecular flexibility index (Phi) is 2.44. The van der Waals surface area contributed by atoms with Crippen LogP contribution in [0, 0.1) is 0 Å². The predicted molar refractivity (Wildman–Crippen MR) is 54.0 cm³/mol. The molecule has 0 aliphatic rings. The molecule has 0 spiro atoms. The molecular weight excluding hydrogens is 176 g/mol. The van der Waals surface area contributed by atoms with E-state index in [2.05, 4.69) is 20.2 Å². The molecule has 0 bridgehead atoms. The maximum absolute atomic E-state index is 4.40. The lowest BCUT2D eigenvalue weighted by molar-refractivity contribution is 0.895. The van der Waals surface area contributed by atoms with E-state index in [0.717, 1.165) is 16.7 Å². The highest BCUT2D eigenvalue weighted by Gasteiger charge is 1.97. The average molecular weight is 186 g/mol. The molecule has 1 aromatic carbocycles. The van der Waals surface area contributed by atoms with Gasteiger partial charge in [0, 0.05) is 7.05 Å². The number of benzene rings is 1. The Labute approximate surface area is 81.7 Å². The van der Waals surface area contributed by atoms with Crippen LogP contribution in [0.15, 0.2) is 40.7 Å². The molecule has 2 rings (SSSR count). The lowest BCUT2D eigenvalue weighted by Crippen LogP contribution is -1.90. The first-order valence-corrected chi connectivity index (χ1v) is 4.36. The zero-order valence-electron chi connectivity index (χ0n) is 7.88. The molecule has 0 saturated heterocycles. The molecule has 0 aliphatic heterocycles. The SMILES string of the molecule is CN=NCc1cnc2ccccc2n1. The number of fused-ring (bicyclic) bond motifs is 1. The summed E-state index contributed by atoms with van der Waals surface area (Å²) >= 11 is 0. The minimum absolute atomic E-state index is 0.494. The zero-order chi connectivity index (χ0) is 9.80. The van der Waals surface area contributed by atoms with Crippen molar-refractivity contribution in [2.75, 3.05) is 7.05 Å². The van der Waals surface area contributed by atoms with Gasteiger partial charge in [0.25, 0.3) is 0 Å². The molecule has 0 aliphatic carbocycles. The van der Waals surface area contributed by atoms with E-state index in [1.54, 1.807) is 13.2 Å². The van der Waals surface area contributed by atoms with Gasteiger partial charge in [-0.15, -0.1) is 0 Å². The number of aromatic nitrogens is 2. The third-order valence-electron chi connectivity index (χ3n) is 1.87. The van der Waals surface area contributed by atoms with Gasteiger partial charge in [-0.2, -0.15) is 10.2 Å². The van der Waals surface area contributed by atoms with Gasteiger partial charge in [-0.1, -0.05) is 12.1 Å². The Hall–Kier alpha value is -1.84. The zero-order valence-corrected chi connectivity index (χ0v) is 7.88. The van der Waals surface area contributed by atoms with Crippen molar-refractivity contribution >= 4 is 11.0 Å². The van der Waals surface area contributed by atoms with Gasteiger partial charge >= 0.3 is 0 Å². The lowest BCUT2D eigenvalue weighted by atomic mass is 10.3. The van der Waals surface area contributed by atoms with Gasteiger partial charge in [0.15, 0.2) is 0 Å². The van der Waals surface area contributed by atoms with Gasteiger partial charge in [-0.05, 0) is 12.1 Å². The standard InChI is InChI=1S/C10H10N4/c1-11-13-7-8-6-12-9-4-2-3-5-10(9)14-8/h2-6H,7H2,1H3. The number of rotatable bonds is 2. The Balaban J connectivity index is 2.41. The third kappa shape index (κ3) is 1.74. The fourth-order valence-corrected chi connectivity index (χ4v) is 1.21. The minimum atomic E-state index is 0.494. The van der Waals surface area contributed by atoms with Crippen LogP contribution in [0.4, 0.5) is 0 Å². The molecule has 0 N–H and O–H groups in total. The molecule has 0 radical (unpaired) electrons. The highest BCUT2D eigenvalue weighted by atomic mass is 15.1. The second kappa shape index (κ2) is 3.91. The fourth-order valence-electron chi connectivity index (χ4n) is 1.21. The van der Waals surface area contributed by atoms with Crippen molar-refractivity contribution in [2.45, 2.75) is 6.54 Å². The molecule has 0 fully saturated rings. The summed E-state index contributed by atoms with van der Waals surface area (Å²) in [5.41, 5.74) is 2.65. The van der Waals surface area contributed by atoms with E-state index in [1.165, 1.54) is 0 Å². The van der Waals surface area contributed by atoms with E-state index < -0.39 is 0 Å². The van der Waals surface area contributed by atoms with Crippen molar-refractivity contribution in [2.24, 2.45) is 10.2 Å². The maximum Gasteiger partial charge on any atom is 0.104 e. The smallest absolute Gasteiger partial charge is 0.104 e. The van der Waals surface area contributed by atoms with Crippen LogP contribution in [0.25, 0.3) is 11.0 Å². The molecule has 2 aromatic rings. The predicted octanol–water partition coefficient (Wildman–Crippen LogP) is 2.21. The van der Waals surface area contributed by atoms with E-state index in [0.29, 0.717) is 6.54 Å². The number of hydrogen-bond acceptors (Lipinski definition) is 4. The van der Waals surface area contributed by atoms with E-state index in [-0.39, 0.29) is 0 Å². The van der Waals surface area contributed by atoms with Crippen molar-refractivity contribution in [3.05, 3.63) is 36.2 Å². The number of para-hydroxylation sites is 2. The van der Waals surface area contributed by atoms with Crippen molar-refractivity contribution < 1.29 is 0 Å². The molecule has 0 amide bonds. The van der Waals surface area contributed by atoms with Crippen LogP contribution in [0.3, 0.4) is 0 Å². The van der Waals surface area contributed by atoms with Crippen LogP contribution < -0.4 is 0 Å². The van der Waals surface area contributed by atoms with Crippen molar-refractivity contribution in [1.29, 1.82) is 0 Å². The van der Waals surface area contributed by atoms with Gasteiger partial charge in [0.1, 0.15) is 6.54 Å². The van der Waals surface area contributed by atoms with Crippen LogP contribution >= 0.6 is 0 Å². The molecule has 1 aromatic heterocycles. The highest BCUT2D eigenvalue weighted by molar-refractivity contribution is 5.73. The van der Waals surface area contributed by atoms with Gasteiger partial charge < -0.3 is 0 Å². The number of nitrogens with zero attached hydrogens (tertiary/aromatic N) is 4. The fraction of sp³-hybridized carbons (Fsp3) is 0.200. The van der Waals surface area contributed by atoms with E-state index in [9.17, 15) is 0 Å². The second-order valence-corrected chi connectivity index (χ2v) is 2.85. The van der Waals surface area contributed by atoms with Crippen molar-refractivity contribution in [3.8, 4) is 0 Å². The van der Waals surface area contributed by atoms with Crippen molar-refractivity contribution in [3.63, 3.8) is 0 Å². The van der Waals surface area contributed by atoms with Gasteiger partial charge in [-0.25, -0.2) is 4.98 Å². The van der Waals surface area contributed by atoms with Crippen LogP contribution in [0.5, 0.6) is 0 Å². The maximum atomic E-state index is 4.40. The molecular formula is C10H10N4. The summed E-state index contributed by atoms with van der Waals surface area (Å²) in [5.74, 6) is 0. The first-order chi connectivity index (χ1) is 6.90. The molecule has 0 unspecified atom stereocenters. The molecule has 1 heterocycles. The Morgan fingerprint density at radius 1 is 1.21 bits per heavy atom. The summed E-state index contributed by atoms with van der Waals surface area (Å²) in [7, 11) is 1.65. The van der Waals surface area contributed by atoms with Gasteiger partial charge in [0.2, 0.25) is 0 Å². The van der Waals surface area contributed by atoms with E-state index in [4.69, 9.17) is 0 Å². The highest BCUT2D eigenvalue weighted by Crippen LogP contribution is 2.08. The van der Waals surface area contributed by atoms with Crippen LogP contribution in [0.2, 0.25) is 0 Å². The third-order valence-corrected chi connectivity index (χ3v) is 1.87. The molecule has 4 nitrogen and oxygen atoms in total. The molecule has 0 atom stereocenters. The van der Waals surface area contributed by atoms with Crippen LogP contribution in [-0.4, -0.2) is 17.0 Å². The second-order valence-electron chi connectivity index (χ2n) is 2.85. The monoisotopic (exact) mass is 186 g/mol. The lowest BCUT2D eigenvalue weighted by Gasteiger charge is -1.97. The summed E-state index contributed by atoms with van der Waals surface area (Å²) in [4.78, 5) is 8.67. The summed E-state index contributed by atoms with van der Waals surface area (Å²) in [5, 5.41) is 7.54. The summed E-state index contributed by atoms with van der Waals surface area (Å²) in [6.45, 7) is 0.494. The van der Waals surface area contributed by atoms with Crippen molar-refractivity contribution in [1.82, 2.24) is 9.97 Å².